The van der Waals surface area contributed by atoms with Crippen molar-refractivity contribution < 1.29 is 4.74 Å². The van der Waals surface area contributed by atoms with Gasteiger partial charge in [-0.2, -0.15) is 0 Å². The Morgan fingerprint density at radius 2 is 0.781 bits per heavy atom. The molecule has 12 rings (SSSR count). The second kappa shape index (κ2) is 15.8. The fourth-order valence-corrected chi connectivity index (χ4v) is 9.61. The fraction of sp³-hybridized carbons (Fsp3) is 0. The molecule has 0 amide bonds. The van der Waals surface area contributed by atoms with Crippen molar-refractivity contribution in [1.82, 2.24) is 0 Å². The van der Waals surface area contributed by atoms with Crippen LogP contribution in [0.3, 0.4) is 0 Å². The number of rotatable bonds is 8. The molecule has 11 aromatic carbocycles. The SMILES string of the molecule is c1ccc(-c2ccc(-c3ccc(N(c4ccc(-c5cccc6ccccc56)cc4)c4cccc(-c5ccc6c7c(cccc57)-c5ccccc5O6)c4)cc3)cc2-c2ccccc2)cc1. The topological polar surface area (TPSA) is 12.5 Å². The zero-order valence-corrected chi connectivity index (χ0v) is 35.0. The van der Waals surface area contributed by atoms with Crippen molar-refractivity contribution in [3.63, 3.8) is 0 Å². The van der Waals surface area contributed by atoms with E-state index in [2.05, 4.69) is 241 Å². The molecule has 11 aromatic rings. The highest BCUT2D eigenvalue weighted by Gasteiger charge is 2.22. The highest BCUT2D eigenvalue weighted by molar-refractivity contribution is 6.10. The fourth-order valence-electron chi connectivity index (χ4n) is 9.61. The number of anilines is 3. The number of hydrogen-bond donors (Lipinski definition) is 0. The summed E-state index contributed by atoms with van der Waals surface area (Å²) in [5.74, 6) is 1.79. The first-order valence-corrected chi connectivity index (χ1v) is 21.9. The number of hydrogen-bond acceptors (Lipinski definition) is 2. The second-order valence-electron chi connectivity index (χ2n) is 16.4. The van der Waals surface area contributed by atoms with Gasteiger partial charge in [0.1, 0.15) is 11.5 Å². The lowest BCUT2D eigenvalue weighted by Gasteiger charge is -2.27. The Kier molecular flexibility index (Phi) is 9.20. The molecule has 1 heterocycles. The minimum Gasteiger partial charge on any atom is -0.456 e. The van der Waals surface area contributed by atoms with Crippen molar-refractivity contribution in [3.8, 4) is 78.3 Å². The lowest BCUT2D eigenvalue weighted by molar-refractivity contribution is 0.487. The van der Waals surface area contributed by atoms with Crippen molar-refractivity contribution in [2.75, 3.05) is 4.90 Å². The van der Waals surface area contributed by atoms with Crippen molar-refractivity contribution in [1.29, 1.82) is 0 Å². The monoisotopic (exact) mass is 815 g/mol. The van der Waals surface area contributed by atoms with E-state index in [1.165, 1.54) is 66.2 Å². The van der Waals surface area contributed by atoms with Crippen LogP contribution in [0.1, 0.15) is 0 Å². The summed E-state index contributed by atoms with van der Waals surface area (Å²) in [5.41, 5.74) is 17.4. The molecular formula is C62H41NO. The first-order chi connectivity index (χ1) is 31.7. The number of para-hydroxylation sites is 1. The maximum absolute atomic E-state index is 6.47. The molecule has 1 aliphatic rings. The highest BCUT2D eigenvalue weighted by Crippen LogP contribution is 2.49. The van der Waals surface area contributed by atoms with Crippen LogP contribution in [0.4, 0.5) is 17.1 Å². The third-order valence-corrected chi connectivity index (χ3v) is 12.7. The van der Waals surface area contributed by atoms with Crippen LogP contribution in [0.25, 0.3) is 88.3 Å². The lowest BCUT2D eigenvalue weighted by atomic mass is 9.90. The van der Waals surface area contributed by atoms with E-state index in [9.17, 15) is 0 Å². The first-order valence-electron chi connectivity index (χ1n) is 21.9. The largest absolute Gasteiger partial charge is 0.456 e. The van der Waals surface area contributed by atoms with Crippen molar-refractivity contribution in [2.45, 2.75) is 0 Å². The molecule has 64 heavy (non-hydrogen) atoms. The van der Waals surface area contributed by atoms with Crippen LogP contribution in [0.5, 0.6) is 11.5 Å². The maximum Gasteiger partial charge on any atom is 0.135 e. The van der Waals surface area contributed by atoms with Crippen LogP contribution in [0, 0.1) is 0 Å². The molecule has 0 saturated heterocycles. The van der Waals surface area contributed by atoms with Crippen LogP contribution in [0.2, 0.25) is 0 Å². The second-order valence-corrected chi connectivity index (χ2v) is 16.4. The molecule has 0 unspecified atom stereocenters. The van der Waals surface area contributed by atoms with E-state index in [-0.39, 0.29) is 0 Å². The predicted molar refractivity (Wildman–Crippen MR) is 269 cm³/mol. The van der Waals surface area contributed by atoms with Crippen LogP contribution in [-0.4, -0.2) is 0 Å². The minimum absolute atomic E-state index is 0.891. The normalized spacial score (nSPS) is 11.6. The summed E-state index contributed by atoms with van der Waals surface area (Å²) in [4.78, 5) is 2.37. The lowest BCUT2D eigenvalue weighted by Crippen LogP contribution is -2.10. The molecule has 0 aliphatic carbocycles. The van der Waals surface area contributed by atoms with E-state index >= 15 is 0 Å². The molecule has 0 aromatic heterocycles. The summed E-state index contributed by atoms with van der Waals surface area (Å²) in [7, 11) is 0. The number of ether oxygens (including phenoxy) is 1. The Morgan fingerprint density at radius 1 is 0.250 bits per heavy atom. The van der Waals surface area contributed by atoms with Gasteiger partial charge in [0.25, 0.3) is 0 Å². The third kappa shape index (κ3) is 6.61. The van der Waals surface area contributed by atoms with Gasteiger partial charge in [-0.1, -0.05) is 194 Å². The zero-order valence-electron chi connectivity index (χ0n) is 35.0. The predicted octanol–water partition coefficient (Wildman–Crippen LogP) is 17.6. The van der Waals surface area contributed by atoms with Crippen LogP contribution in [0.15, 0.2) is 249 Å². The average Bonchev–Trinajstić information content (AvgIpc) is 3.37. The van der Waals surface area contributed by atoms with Crippen LogP contribution >= 0.6 is 0 Å². The minimum atomic E-state index is 0.891. The van der Waals surface area contributed by atoms with E-state index in [0.29, 0.717) is 0 Å². The average molecular weight is 816 g/mol. The summed E-state index contributed by atoms with van der Waals surface area (Å²) in [6.45, 7) is 0. The van der Waals surface area contributed by atoms with E-state index in [4.69, 9.17) is 4.74 Å². The molecule has 2 heteroatoms. The van der Waals surface area contributed by atoms with Gasteiger partial charge in [0, 0.05) is 28.0 Å². The standard InChI is InChI=1S/C62H41NO/c1-3-14-43(15-4-1)54-37-32-47(41-59(54)45-16-5-2-6-17-45)42-28-33-49(34-29-42)63(50-35-30-46(31-36-50)53-24-12-19-44-18-7-8-22-52(44)53)51-21-11-20-48(40-51)55-38-39-61-62-57(55)25-13-26-58(62)56-23-9-10-27-60(56)64-61/h1-41H. The van der Waals surface area contributed by atoms with Gasteiger partial charge >= 0.3 is 0 Å². The van der Waals surface area contributed by atoms with Gasteiger partial charge in [0.2, 0.25) is 0 Å². The molecule has 2 nitrogen and oxygen atoms in total. The zero-order chi connectivity index (χ0) is 42.4. The summed E-state index contributed by atoms with van der Waals surface area (Å²) in [6, 6.07) is 89.6. The molecule has 0 atom stereocenters. The van der Waals surface area contributed by atoms with Gasteiger partial charge in [-0.15, -0.1) is 0 Å². The molecular weight excluding hydrogens is 775 g/mol. The highest BCUT2D eigenvalue weighted by atomic mass is 16.5. The molecule has 0 bridgehead atoms. The summed E-state index contributed by atoms with van der Waals surface area (Å²) < 4.78 is 6.47. The van der Waals surface area contributed by atoms with Gasteiger partial charge in [0.05, 0.1) is 0 Å². The van der Waals surface area contributed by atoms with Crippen LogP contribution < -0.4 is 9.64 Å². The van der Waals surface area contributed by atoms with Gasteiger partial charge in [0.15, 0.2) is 0 Å². The van der Waals surface area contributed by atoms with Crippen molar-refractivity contribution >= 4 is 38.6 Å². The van der Waals surface area contributed by atoms with Gasteiger partial charge < -0.3 is 9.64 Å². The van der Waals surface area contributed by atoms with Gasteiger partial charge in [-0.3, -0.25) is 0 Å². The summed E-state index contributed by atoms with van der Waals surface area (Å²) >= 11 is 0. The Balaban J connectivity index is 0.966. The van der Waals surface area contributed by atoms with Gasteiger partial charge in [-0.05, 0) is 132 Å². The molecule has 0 N–H and O–H groups in total. The Morgan fingerprint density at radius 3 is 1.58 bits per heavy atom. The third-order valence-electron chi connectivity index (χ3n) is 12.7. The number of fused-ring (bicyclic) bond motifs is 3. The molecule has 1 aliphatic heterocycles. The summed E-state index contributed by atoms with van der Waals surface area (Å²) in [6.07, 6.45) is 0. The van der Waals surface area contributed by atoms with E-state index in [0.717, 1.165) is 50.6 Å². The van der Waals surface area contributed by atoms with E-state index < -0.39 is 0 Å². The Bertz CT molecular complexity index is 3500. The molecule has 0 radical (unpaired) electrons. The van der Waals surface area contributed by atoms with Gasteiger partial charge in [-0.25, -0.2) is 0 Å². The smallest absolute Gasteiger partial charge is 0.135 e. The number of benzene rings is 11. The Labute approximate surface area is 373 Å². The Hall–Kier alpha value is -8.46. The maximum atomic E-state index is 6.47. The van der Waals surface area contributed by atoms with E-state index in [1.807, 2.05) is 12.1 Å². The molecule has 300 valence electrons. The van der Waals surface area contributed by atoms with Crippen molar-refractivity contribution in [3.05, 3.63) is 249 Å². The van der Waals surface area contributed by atoms with Crippen LogP contribution in [-0.2, 0) is 0 Å². The van der Waals surface area contributed by atoms with Crippen molar-refractivity contribution in [2.24, 2.45) is 0 Å². The molecule has 0 saturated carbocycles. The molecule has 0 spiro atoms. The van der Waals surface area contributed by atoms with E-state index in [1.54, 1.807) is 0 Å². The first kappa shape index (κ1) is 37.3. The number of nitrogens with zero attached hydrogens (tertiary/aromatic N) is 1. The quantitative estimate of drug-likeness (QED) is 0.151. The summed E-state index contributed by atoms with van der Waals surface area (Å²) in [5, 5.41) is 4.81. The molecule has 0 fully saturated rings.